The minimum atomic E-state index is -0.428. The Morgan fingerprint density at radius 3 is 2.61 bits per heavy atom. The molecule has 23 heavy (non-hydrogen) atoms. The van der Waals surface area contributed by atoms with E-state index in [-0.39, 0.29) is 12.1 Å². The SMILES string of the molecule is CN(C)CCOCCNC1CC2CC1N(C(=O)OC(C)(C)C)C2. The molecule has 1 N–H and O–H groups in total. The molecule has 1 aliphatic heterocycles. The van der Waals surface area contributed by atoms with Gasteiger partial charge in [0.25, 0.3) is 0 Å². The first-order valence-corrected chi connectivity index (χ1v) is 8.72. The molecular weight excluding hydrogens is 294 g/mol. The first-order valence-electron chi connectivity index (χ1n) is 8.72. The number of likely N-dealkylation sites (tertiary alicyclic amines) is 1. The standard InChI is InChI=1S/C17H33N3O3/c1-17(2,3)23-16(21)20-12-13-10-14(15(20)11-13)18-6-8-22-9-7-19(4)5/h13-15,18H,6-12H2,1-5H3. The molecule has 0 radical (unpaired) electrons. The number of nitrogens with zero attached hydrogens (tertiary/aromatic N) is 2. The third kappa shape index (κ3) is 5.62. The maximum absolute atomic E-state index is 12.3. The van der Waals surface area contributed by atoms with Crippen LogP contribution in [-0.4, -0.2) is 80.5 Å². The van der Waals surface area contributed by atoms with E-state index in [1.807, 2.05) is 39.8 Å². The largest absolute Gasteiger partial charge is 0.444 e. The van der Waals surface area contributed by atoms with Crippen LogP contribution in [0.3, 0.4) is 0 Å². The lowest BCUT2D eigenvalue weighted by Crippen LogP contribution is -2.52. The normalized spacial score (nSPS) is 27.0. The predicted octanol–water partition coefficient (Wildman–Crippen LogP) is 1.55. The molecule has 1 amide bonds. The molecule has 1 aliphatic carbocycles. The maximum Gasteiger partial charge on any atom is 0.410 e. The topological polar surface area (TPSA) is 54.0 Å². The fraction of sp³-hybridized carbons (Fsp3) is 0.941. The van der Waals surface area contributed by atoms with Crippen molar-refractivity contribution < 1.29 is 14.3 Å². The van der Waals surface area contributed by atoms with E-state index in [1.54, 1.807) is 0 Å². The molecule has 2 bridgehead atoms. The molecule has 6 nitrogen and oxygen atoms in total. The average molecular weight is 327 g/mol. The Morgan fingerprint density at radius 2 is 2.00 bits per heavy atom. The zero-order chi connectivity index (χ0) is 17.0. The Morgan fingerprint density at radius 1 is 1.26 bits per heavy atom. The summed E-state index contributed by atoms with van der Waals surface area (Å²) >= 11 is 0. The lowest BCUT2D eigenvalue weighted by molar-refractivity contribution is 0.0154. The number of carbonyl (C=O) groups excluding carboxylic acids is 1. The molecule has 3 atom stereocenters. The Balaban J connectivity index is 1.70. The summed E-state index contributed by atoms with van der Waals surface area (Å²) in [7, 11) is 4.09. The number of likely N-dealkylation sites (N-methyl/N-ethyl adjacent to an activating group) is 1. The molecule has 3 unspecified atom stereocenters. The molecule has 0 aromatic carbocycles. The van der Waals surface area contributed by atoms with Gasteiger partial charge in [-0.1, -0.05) is 0 Å². The van der Waals surface area contributed by atoms with Crippen LogP contribution >= 0.6 is 0 Å². The van der Waals surface area contributed by atoms with Crippen molar-refractivity contribution in [3.8, 4) is 0 Å². The Bertz CT molecular complexity index is 395. The number of fused-ring (bicyclic) bond motifs is 2. The summed E-state index contributed by atoms with van der Waals surface area (Å²) in [6, 6.07) is 0.648. The van der Waals surface area contributed by atoms with E-state index in [2.05, 4.69) is 10.2 Å². The highest BCUT2D eigenvalue weighted by atomic mass is 16.6. The highest BCUT2D eigenvalue weighted by molar-refractivity contribution is 5.69. The van der Waals surface area contributed by atoms with Crippen LogP contribution in [0.2, 0.25) is 0 Å². The number of carbonyl (C=O) groups is 1. The fourth-order valence-electron chi connectivity index (χ4n) is 3.44. The van der Waals surface area contributed by atoms with Gasteiger partial charge in [0.05, 0.1) is 19.3 Å². The molecule has 0 spiro atoms. The molecule has 6 heteroatoms. The van der Waals surface area contributed by atoms with Gasteiger partial charge in [-0.15, -0.1) is 0 Å². The van der Waals surface area contributed by atoms with Crippen LogP contribution in [0.1, 0.15) is 33.6 Å². The Labute approximate surface area is 140 Å². The van der Waals surface area contributed by atoms with Crippen molar-refractivity contribution in [2.24, 2.45) is 5.92 Å². The van der Waals surface area contributed by atoms with Gasteiger partial charge < -0.3 is 24.6 Å². The van der Waals surface area contributed by atoms with E-state index in [0.717, 1.165) is 39.1 Å². The summed E-state index contributed by atoms with van der Waals surface area (Å²) in [6.07, 6.45) is 2.08. The summed E-state index contributed by atoms with van der Waals surface area (Å²) in [5, 5.41) is 3.56. The molecule has 0 aromatic rings. The molecule has 1 heterocycles. The minimum absolute atomic E-state index is 0.168. The minimum Gasteiger partial charge on any atom is -0.444 e. The maximum atomic E-state index is 12.3. The van der Waals surface area contributed by atoms with Crippen LogP contribution < -0.4 is 5.32 Å². The van der Waals surface area contributed by atoms with Crippen molar-refractivity contribution in [1.82, 2.24) is 15.1 Å². The first kappa shape index (κ1) is 18.5. The average Bonchev–Trinajstić information content (AvgIpc) is 3.00. The van der Waals surface area contributed by atoms with E-state index in [4.69, 9.17) is 9.47 Å². The third-order valence-corrected chi connectivity index (χ3v) is 4.45. The van der Waals surface area contributed by atoms with Gasteiger partial charge in [0, 0.05) is 25.7 Å². The van der Waals surface area contributed by atoms with Gasteiger partial charge in [0.2, 0.25) is 0 Å². The second kappa shape index (κ2) is 7.81. The van der Waals surface area contributed by atoms with Crippen molar-refractivity contribution in [1.29, 1.82) is 0 Å². The fourth-order valence-corrected chi connectivity index (χ4v) is 3.44. The van der Waals surface area contributed by atoms with Crippen molar-refractivity contribution >= 4 is 6.09 Å². The van der Waals surface area contributed by atoms with Gasteiger partial charge in [-0.05, 0) is 53.6 Å². The monoisotopic (exact) mass is 327 g/mol. The molecule has 2 aliphatic rings. The first-order chi connectivity index (χ1) is 10.8. The lowest BCUT2D eigenvalue weighted by Gasteiger charge is -2.35. The van der Waals surface area contributed by atoms with E-state index >= 15 is 0 Å². The number of rotatable bonds is 7. The van der Waals surface area contributed by atoms with Gasteiger partial charge in [-0.3, -0.25) is 0 Å². The van der Waals surface area contributed by atoms with Crippen molar-refractivity contribution in [2.45, 2.75) is 51.3 Å². The van der Waals surface area contributed by atoms with E-state index in [0.29, 0.717) is 18.6 Å². The van der Waals surface area contributed by atoms with Gasteiger partial charge in [0.15, 0.2) is 0 Å². The number of amides is 1. The molecule has 1 saturated carbocycles. The molecule has 1 saturated heterocycles. The number of ether oxygens (including phenoxy) is 2. The number of nitrogens with one attached hydrogen (secondary N) is 1. The molecule has 2 rings (SSSR count). The van der Waals surface area contributed by atoms with Gasteiger partial charge >= 0.3 is 6.09 Å². The van der Waals surface area contributed by atoms with Crippen LogP contribution in [-0.2, 0) is 9.47 Å². The zero-order valence-electron chi connectivity index (χ0n) is 15.3. The van der Waals surface area contributed by atoms with Crippen LogP contribution in [0.25, 0.3) is 0 Å². The van der Waals surface area contributed by atoms with Gasteiger partial charge in [-0.25, -0.2) is 4.79 Å². The highest BCUT2D eigenvalue weighted by Crippen LogP contribution is 2.38. The summed E-state index contributed by atoms with van der Waals surface area (Å²) in [5.41, 5.74) is -0.428. The van der Waals surface area contributed by atoms with E-state index < -0.39 is 5.60 Å². The lowest BCUT2D eigenvalue weighted by atomic mass is 10.1. The van der Waals surface area contributed by atoms with Crippen molar-refractivity contribution in [3.63, 3.8) is 0 Å². The quantitative estimate of drug-likeness (QED) is 0.719. The molecule has 134 valence electrons. The number of hydrogen-bond acceptors (Lipinski definition) is 5. The van der Waals surface area contributed by atoms with Crippen molar-refractivity contribution in [2.75, 3.05) is 46.9 Å². The zero-order valence-corrected chi connectivity index (χ0v) is 15.3. The predicted molar refractivity (Wildman–Crippen MR) is 90.6 cm³/mol. The number of piperidine rings is 1. The van der Waals surface area contributed by atoms with Crippen LogP contribution in [0.15, 0.2) is 0 Å². The molecule has 0 aromatic heterocycles. The highest BCUT2D eigenvalue weighted by Gasteiger charge is 2.47. The Hall–Kier alpha value is -0.850. The molecular formula is C17H33N3O3. The number of hydrogen-bond donors (Lipinski definition) is 1. The third-order valence-electron chi connectivity index (χ3n) is 4.45. The van der Waals surface area contributed by atoms with Crippen LogP contribution in [0.4, 0.5) is 4.79 Å². The van der Waals surface area contributed by atoms with Crippen LogP contribution in [0, 0.1) is 5.92 Å². The summed E-state index contributed by atoms with van der Waals surface area (Å²) in [6.45, 7) is 9.85. The Kier molecular flexibility index (Phi) is 6.28. The van der Waals surface area contributed by atoms with Gasteiger partial charge in [0.1, 0.15) is 5.60 Å². The second-order valence-electron chi connectivity index (χ2n) is 8.01. The summed E-state index contributed by atoms with van der Waals surface area (Å²) in [5.74, 6) is 0.611. The van der Waals surface area contributed by atoms with E-state index in [9.17, 15) is 4.79 Å². The summed E-state index contributed by atoms with van der Waals surface area (Å²) < 4.78 is 11.1. The van der Waals surface area contributed by atoms with Crippen LogP contribution in [0.5, 0.6) is 0 Å². The van der Waals surface area contributed by atoms with Crippen molar-refractivity contribution in [3.05, 3.63) is 0 Å². The van der Waals surface area contributed by atoms with E-state index in [1.165, 1.54) is 0 Å². The van der Waals surface area contributed by atoms with Gasteiger partial charge in [-0.2, -0.15) is 0 Å². The smallest absolute Gasteiger partial charge is 0.410 e. The molecule has 2 fully saturated rings. The summed E-state index contributed by atoms with van der Waals surface area (Å²) in [4.78, 5) is 16.4. The second-order valence-corrected chi connectivity index (χ2v) is 8.01.